The maximum absolute atomic E-state index is 9.48. The summed E-state index contributed by atoms with van der Waals surface area (Å²) in [6.07, 6.45) is 8.79. The highest BCUT2D eigenvalue weighted by molar-refractivity contribution is 4.85. The fraction of sp³-hybridized carbons (Fsp3) is 1.00. The van der Waals surface area contributed by atoms with Crippen molar-refractivity contribution in [2.45, 2.75) is 63.5 Å². The van der Waals surface area contributed by atoms with Crippen LogP contribution in [0.1, 0.15) is 51.9 Å². The molecule has 1 atom stereocenters. The van der Waals surface area contributed by atoms with Crippen molar-refractivity contribution >= 4 is 0 Å². The second-order valence-electron chi connectivity index (χ2n) is 5.56. The summed E-state index contributed by atoms with van der Waals surface area (Å²) in [5.74, 6) is 0. The summed E-state index contributed by atoms with van der Waals surface area (Å²) in [5, 5.41) is 12.8. The highest BCUT2D eigenvalue weighted by Crippen LogP contribution is 2.23. The van der Waals surface area contributed by atoms with E-state index >= 15 is 0 Å². The first kappa shape index (κ1) is 14.9. The molecule has 0 aromatic heterocycles. The van der Waals surface area contributed by atoms with Crippen molar-refractivity contribution in [3.8, 4) is 0 Å². The molecule has 1 rings (SSSR count). The van der Waals surface area contributed by atoms with Crippen molar-refractivity contribution in [1.82, 2.24) is 10.2 Å². The Morgan fingerprint density at radius 2 is 2.00 bits per heavy atom. The average Bonchev–Trinajstić information content (AvgIpc) is 2.89. The first-order chi connectivity index (χ1) is 8.17. The molecule has 0 radical (unpaired) electrons. The van der Waals surface area contributed by atoms with Crippen molar-refractivity contribution < 1.29 is 5.11 Å². The van der Waals surface area contributed by atoms with Crippen LogP contribution in [0.15, 0.2) is 0 Å². The normalized spacial score (nSPS) is 21.0. The number of nitrogens with one attached hydrogen (secondary N) is 1. The number of likely N-dealkylation sites (N-methyl/N-ethyl adjacent to an activating group) is 1. The van der Waals surface area contributed by atoms with Crippen molar-refractivity contribution in [2.75, 3.05) is 27.2 Å². The van der Waals surface area contributed by atoms with Gasteiger partial charge in [-0.25, -0.2) is 0 Å². The molecule has 17 heavy (non-hydrogen) atoms. The highest BCUT2D eigenvalue weighted by atomic mass is 16.3. The molecule has 0 amide bonds. The van der Waals surface area contributed by atoms with Crippen LogP contribution in [-0.2, 0) is 0 Å². The van der Waals surface area contributed by atoms with Gasteiger partial charge in [0.2, 0.25) is 0 Å². The van der Waals surface area contributed by atoms with Gasteiger partial charge in [-0.05, 0) is 52.7 Å². The largest absolute Gasteiger partial charge is 0.394 e. The Kier molecular flexibility index (Phi) is 6.45. The first-order valence-electron chi connectivity index (χ1n) is 7.17. The zero-order valence-corrected chi connectivity index (χ0v) is 11.8. The zero-order chi connectivity index (χ0) is 12.7. The van der Waals surface area contributed by atoms with Gasteiger partial charge in [-0.15, -0.1) is 0 Å². The van der Waals surface area contributed by atoms with Gasteiger partial charge in [-0.1, -0.05) is 19.8 Å². The molecule has 1 aliphatic rings. The molecule has 1 aliphatic carbocycles. The lowest BCUT2D eigenvalue weighted by Gasteiger charge is -2.32. The molecule has 0 heterocycles. The standard InChI is InChI=1S/C14H30N2O/c1-4-14(12-17,15-2)10-7-11-16(3)13-8-5-6-9-13/h13,15,17H,4-12H2,1-3H3. The van der Waals surface area contributed by atoms with Crippen LogP contribution in [0.5, 0.6) is 0 Å². The van der Waals surface area contributed by atoms with Crippen LogP contribution in [-0.4, -0.2) is 48.8 Å². The van der Waals surface area contributed by atoms with Crippen molar-refractivity contribution in [3.63, 3.8) is 0 Å². The lowest BCUT2D eigenvalue weighted by atomic mass is 9.91. The van der Waals surface area contributed by atoms with Crippen LogP contribution < -0.4 is 5.32 Å². The molecule has 0 aromatic rings. The maximum Gasteiger partial charge on any atom is 0.0613 e. The molecule has 1 fully saturated rings. The summed E-state index contributed by atoms with van der Waals surface area (Å²) < 4.78 is 0. The predicted molar refractivity (Wildman–Crippen MR) is 73.3 cm³/mol. The quantitative estimate of drug-likeness (QED) is 0.683. The summed E-state index contributed by atoms with van der Waals surface area (Å²) in [5.41, 5.74) is -0.0590. The smallest absolute Gasteiger partial charge is 0.0613 e. The maximum atomic E-state index is 9.48. The van der Waals surface area contributed by atoms with Gasteiger partial charge in [0.1, 0.15) is 0 Å². The van der Waals surface area contributed by atoms with Gasteiger partial charge >= 0.3 is 0 Å². The topological polar surface area (TPSA) is 35.5 Å². The second kappa shape index (κ2) is 7.34. The van der Waals surface area contributed by atoms with Gasteiger partial charge < -0.3 is 15.3 Å². The molecule has 1 unspecified atom stereocenters. The van der Waals surface area contributed by atoms with E-state index < -0.39 is 0 Å². The van der Waals surface area contributed by atoms with E-state index in [0.717, 1.165) is 25.4 Å². The first-order valence-corrected chi connectivity index (χ1v) is 7.17. The molecule has 0 aliphatic heterocycles. The molecular weight excluding hydrogens is 212 g/mol. The fourth-order valence-electron chi connectivity index (χ4n) is 2.94. The third kappa shape index (κ3) is 4.23. The molecule has 2 N–H and O–H groups in total. The molecule has 3 heteroatoms. The van der Waals surface area contributed by atoms with E-state index in [1.54, 1.807) is 0 Å². The minimum absolute atomic E-state index is 0.0590. The number of hydrogen-bond acceptors (Lipinski definition) is 3. The minimum atomic E-state index is -0.0590. The van der Waals surface area contributed by atoms with Gasteiger partial charge in [0, 0.05) is 11.6 Å². The van der Waals surface area contributed by atoms with E-state index in [1.807, 2.05) is 7.05 Å². The zero-order valence-electron chi connectivity index (χ0n) is 11.8. The summed E-state index contributed by atoms with van der Waals surface area (Å²) in [4.78, 5) is 2.51. The average molecular weight is 242 g/mol. The highest BCUT2D eigenvalue weighted by Gasteiger charge is 2.25. The van der Waals surface area contributed by atoms with Crippen molar-refractivity contribution in [1.29, 1.82) is 0 Å². The molecular formula is C14H30N2O. The Morgan fingerprint density at radius 1 is 1.35 bits per heavy atom. The lowest BCUT2D eigenvalue weighted by Crippen LogP contribution is -2.46. The van der Waals surface area contributed by atoms with E-state index in [4.69, 9.17) is 0 Å². The summed E-state index contributed by atoms with van der Waals surface area (Å²) in [6, 6.07) is 0.815. The summed E-state index contributed by atoms with van der Waals surface area (Å²) in [6.45, 7) is 3.55. The van der Waals surface area contributed by atoms with Gasteiger partial charge in [-0.3, -0.25) is 0 Å². The number of aliphatic hydroxyl groups is 1. The van der Waals surface area contributed by atoms with Gasteiger partial charge in [0.25, 0.3) is 0 Å². The van der Waals surface area contributed by atoms with Gasteiger partial charge in [-0.2, -0.15) is 0 Å². The number of nitrogens with zero attached hydrogens (tertiary/aromatic N) is 1. The molecule has 1 saturated carbocycles. The summed E-state index contributed by atoms with van der Waals surface area (Å²) in [7, 11) is 4.21. The van der Waals surface area contributed by atoms with E-state index in [2.05, 4.69) is 24.2 Å². The van der Waals surface area contributed by atoms with Crippen LogP contribution in [0.3, 0.4) is 0 Å². The van der Waals surface area contributed by atoms with Crippen molar-refractivity contribution in [2.24, 2.45) is 0 Å². The second-order valence-corrected chi connectivity index (χ2v) is 5.56. The molecule has 102 valence electrons. The van der Waals surface area contributed by atoms with E-state index in [0.29, 0.717) is 0 Å². The van der Waals surface area contributed by atoms with Crippen LogP contribution >= 0.6 is 0 Å². The molecule has 0 saturated heterocycles. The van der Waals surface area contributed by atoms with Gasteiger partial charge in [0.05, 0.1) is 6.61 Å². The Morgan fingerprint density at radius 3 is 2.47 bits per heavy atom. The van der Waals surface area contributed by atoms with Crippen LogP contribution in [0.25, 0.3) is 0 Å². The number of rotatable bonds is 8. The Bertz CT molecular complexity index is 190. The molecule has 0 bridgehead atoms. The van der Waals surface area contributed by atoms with E-state index in [-0.39, 0.29) is 12.1 Å². The Balaban J connectivity index is 2.25. The Hall–Kier alpha value is -0.120. The minimum Gasteiger partial charge on any atom is -0.394 e. The van der Waals surface area contributed by atoms with Crippen LogP contribution in [0.4, 0.5) is 0 Å². The third-order valence-electron chi connectivity index (χ3n) is 4.62. The molecule has 3 nitrogen and oxygen atoms in total. The monoisotopic (exact) mass is 242 g/mol. The van der Waals surface area contributed by atoms with Crippen LogP contribution in [0, 0.1) is 0 Å². The molecule has 0 spiro atoms. The number of hydrogen-bond donors (Lipinski definition) is 2. The van der Waals surface area contributed by atoms with E-state index in [1.165, 1.54) is 32.1 Å². The van der Waals surface area contributed by atoms with E-state index in [9.17, 15) is 5.11 Å². The third-order valence-corrected chi connectivity index (χ3v) is 4.62. The predicted octanol–water partition coefficient (Wildman–Crippen LogP) is 2.00. The van der Waals surface area contributed by atoms with Crippen LogP contribution in [0.2, 0.25) is 0 Å². The van der Waals surface area contributed by atoms with Crippen molar-refractivity contribution in [3.05, 3.63) is 0 Å². The van der Waals surface area contributed by atoms with Gasteiger partial charge in [0.15, 0.2) is 0 Å². The SMILES string of the molecule is CCC(CO)(CCCN(C)C1CCCC1)NC. The molecule has 0 aromatic carbocycles. The number of aliphatic hydroxyl groups excluding tert-OH is 1. The fourth-order valence-corrected chi connectivity index (χ4v) is 2.94. The Labute approximate surface area is 107 Å². The summed E-state index contributed by atoms with van der Waals surface area (Å²) >= 11 is 0. The lowest BCUT2D eigenvalue weighted by molar-refractivity contribution is 0.144.